The van der Waals surface area contributed by atoms with E-state index in [1.165, 1.54) is 12.5 Å². The molecule has 4 heteroatoms. The van der Waals surface area contributed by atoms with Crippen molar-refractivity contribution in [1.29, 1.82) is 0 Å². The van der Waals surface area contributed by atoms with Gasteiger partial charge < -0.3 is 4.90 Å². The van der Waals surface area contributed by atoms with Crippen LogP contribution in [0.1, 0.15) is 20.3 Å². The van der Waals surface area contributed by atoms with E-state index in [0.29, 0.717) is 11.8 Å². The summed E-state index contributed by atoms with van der Waals surface area (Å²) in [6.07, 6.45) is 1.28. The first-order chi connectivity index (χ1) is 7.15. The summed E-state index contributed by atoms with van der Waals surface area (Å²) in [4.78, 5) is 13.1. The molecule has 0 amide bonds. The molecular weight excluding hydrogens is 190 g/mol. The van der Waals surface area contributed by atoms with E-state index in [2.05, 4.69) is 28.9 Å². The molecule has 15 heavy (non-hydrogen) atoms. The molecule has 0 bridgehead atoms. The number of anilines is 1. The van der Waals surface area contributed by atoms with Crippen LogP contribution in [-0.2, 0) is 0 Å². The molecule has 1 aliphatic rings. The van der Waals surface area contributed by atoms with E-state index in [4.69, 9.17) is 0 Å². The van der Waals surface area contributed by atoms with Crippen LogP contribution in [0.2, 0.25) is 0 Å². The van der Waals surface area contributed by atoms with Crippen molar-refractivity contribution in [2.75, 3.05) is 18.0 Å². The number of hydrogen-bond acceptors (Lipinski definition) is 3. The second-order valence-electron chi connectivity index (χ2n) is 4.63. The zero-order chi connectivity index (χ0) is 10.8. The van der Waals surface area contributed by atoms with E-state index in [1.807, 2.05) is 0 Å². The topological polar surface area (TPSA) is 49.0 Å². The maximum Gasteiger partial charge on any atom is 0.264 e. The standard InChI is InChI=1S/C11H17N3O/c1-8-5-9(2)7-14(6-8)10-3-4-11(15)13-12-10/h3-4,8-9H,5-7H2,1-2H3,(H,13,15)/t8-,9-/m0/s1. The third-order valence-corrected chi connectivity index (χ3v) is 2.86. The Morgan fingerprint density at radius 3 is 2.53 bits per heavy atom. The van der Waals surface area contributed by atoms with Crippen molar-refractivity contribution >= 4 is 5.82 Å². The fraction of sp³-hybridized carbons (Fsp3) is 0.636. The lowest BCUT2D eigenvalue weighted by atomic mass is 9.92. The first-order valence-corrected chi connectivity index (χ1v) is 5.46. The van der Waals surface area contributed by atoms with Crippen LogP contribution in [0.3, 0.4) is 0 Å². The minimum absolute atomic E-state index is 0.142. The summed E-state index contributed by atoms with van der Waals surface area (Å²) in [5, 5.41) is 6.54. The lowest BCUT2D eigenvalue weighted by molar-refractivity contribution is 0.355. The Morgan fingerprint density at radius 2 is 2.00 bits per heavy atom. The monoisotopic (exact) mass is 207 g/mol. The Balaban J connectivity index is 2.16. The van der Waals surface area contributed by atoms with E-state index in [-0.39, 0.29) is 5.56 Å². The molecule has 1 saturated heterocycles. The quantitative estimate of drug-likeness (QED) is 0.754. The van der Waals surface area contributed by atoms with Gasteiger partial charge in [-0.05, 0) is 24.3 Å². The largest absolute Gasteiger partial charge is 0.355 e. The Hall–Kier alpha value is -1.32. The van der Waals surface area contributed by atoms with Crippen molar-refractivity contribution in [2.45, 2.75) is 20.3 Å². The molecule has 1 aliphatic heterocycles. The number of nitrogens with one attached hydrogen (secondary N) is 1. The third-order valence-electron chi connectivity index (χ3n) is 2.86. The Kier molecular flexibility index (Phi) is 2.75. The molecule has 0 spiro atoms. The van der Waals surface area contributed by atoms with Gasteiger partial charge in [-0.1, -0.05) is 13.8 Å². The third kappa shape index (κ3) is 2.37. The molecule has 2 rings (SSSR count). The second kappa shape index (κ2) is 4.04. The van der Waals surface area contributed by atoms with E-state index in [0.717, 1.165) is 18.9 Å². The fourth-order valence-corrected chi connectivity index (χ4v) is 2.36. The van der Waals surface area contributed by atoms with Crippen molar-refractivity contribution in [2.24, 2.45) is 11.8 Å². The highest BCUT2D eigenvalue weighted by Crippen LogP contribution is 2.23. The minimum atomic E-state index is -0.142. The van der Waals surface area contributed by atoms with Crippen LogP contribution < -0.4 is 10.5 Å². The highest BCUT2D eigenvalue weighted by atomic mass is 16.1. The van der Waals surface area contributed by atoms with Gasteiger partial charge >= 0.3 is 0 Å². The zero-order valence-electron chi connectivity index (χ0n) is 9.23. The van der Waals surface area contributed by atoms with Crippen molar-refractivity contribution < 1.29 is 0 Å². The van der Waals surface area contributed by atoms with Crippen molar-refractivity contribution in [1.82, 2.24) is 10.2 Å². The predicted octanol–water partition coefficient (Wildman–Crippen LogP) is 1.25. The van der Waals surface area contributed by atoms with Crippen LogP contribution in [0.15, 0.2) is 16.9 Å². The van der Waals surface area contributed by atoms with Crippen LogP contribution in [0.4, 0.5) is 5.82 Å². The number of rotatable bonds is 1. The molecule has 82 valence electrons. The number of H-pyrrole nitrogens is 1. The summed E-state index contributed by atoms with van der Waals surface area (Å²) in [6.45, 7) is 6.58. The van der Waals surface area contributed by atoms with Crippen LogP contribution >= 0.6 is 0 Å². The molecule has 2 atom stereocenters. The fourth-order valence-electron chi connectivity index (χ4n) is 2.36. The normalized spacial score (nSPS) is 26.7. The van der Waals surface area contributed by atoms with Gasteiger partial charge in [-0.15, -0.1) is 0 Å². The summed E-state index contributed by atoms with van der Waals surface area (Å²) in [7, 11) is 0. The second-order valence-corrected chi connectivity index (χ2v) is 4.63. The molecular formula is C11H17N3O. The van der Waals surface area contributed by atoms with Gasteiger partial charge in [0, 0.05) is 19.2 Å². The van der Waals surface area contributed by atoms with E-state index in [9.17, 15) is 4.79 Å². The number of nitrogens with zero attached hydrogens (tertiary/aromatic N) is 2. The lowest BCUT2D eigenvalue weighted by Gasteiger charge is -2.35. The molecule has 1 N–H and O–H groups in total. The lowest BCUT2D eigenvalue weighted by Crippen LogP contribution is -2.39. The molecule has 0 aliphatic carbocycles. The number of aromatic amines is 1. The first-order valence-electron chi connectivity index (χ1n) is 5.46. The number of piperidine rings is 1. The molecule has 1 aromatic rings. The molecule has 4 nitrogen and oxygen atoms in total. The van der Waals surface area contributed by atoms with Gasteiger partial charge in [0.05, 0.1) is 0 Å². The van der Waals surface area contributed by atoms with Gasteiger partial charge in [-0.2, -0.15) is 5.10 Å². The van der Waals surface area contributed by atoms with Gasteiger partial charge in [-0.3, -0.25) is 4.79 Å². The van der Waals surface area contributed by atoms with Gasteiger partial charge in [0.2, 0.25) is 0 Å². The van der Waals surface area contributed by atoms with Crippen molar-refractivity contribution in [3.8, 4) is 0 Å². The van der Waals surface area contributed by atoms with Gasteiger partial charge in [0.1, 0.15) is 5.82 Å². The van der Waals surface area contributed by atoms with Crippen LogP contribution in [0.25, 0.3) is 0 Å². The van der Waals surface area contributed by atoms with Gasteiger partial charge in [-0.25, -0.2) is 5.10 Å². The molecule has 1 fully saturated rings. The van der Waals surface area contributed by atoms with Crippen LogP contribution in [-0.4, -0.2) is 23.3 Å². The maximum atomic E-state index is 10.9. The molecule has 2 heterocycles. The summed E-state index contributed by atoms with van der Waals surface area (Å²) in [5.41, 5.74) is -0.142. The van der Waals surface area contributed by atoms with E-state index < -0.39 is 0 Å². The average Bonchev–Trinajstić information content (AvgIpc) is 2.17. The zero-order valence-corrected chi connectivity index (χ0v) is 9.23. The van der Waals surface area contributed by atoms with Crippen LogP contribution in [0.5, 0.6) is 0 Å². The summed E-state index contributed by atoms with van der Waals surface area (Å²) >= 11 is 0. The smallest absolute Gasteiger partial charge is 0.264 e. The van der Waals surface area contributed by atoms with E-state index >= 15 is 0 Å². The van der Waals surface area contributed by atoms with Gasteiger partial charge in [0.15, 0.2) is 0 Å². The van der Waals surface area contributed by atoms with Crippen molar-refractivity contribution in [3.05, 3.63) is 22.5 Å². The van der Waals surface area contributed by atoms with Crippen LogP contribution in [0, 0.1) is 11.8 Å². The SMILES string of the molecule is C[C@H]1C[C@H](C)CN(c2ccc(=O)[nH]n2)C1. The highest BCUT2D eigenvalue weighted by Gasteiger charge is 2.22. The Bertz CT molecular complexity index is 357. The number of hydrogen-bond donors (Lipinski definition) is 1. The Morgan fingerprint density at radius 1 is 1.33 bits per heavy atom. The summed E-state index contributed by atoms with van der Waals surface area (Å²) in [5.74, 6) is 2.28. The first kappa shape index (κ1) is 10.2. The molecule has 0 aromatic carbocycles. The maximum absolute atomic E-state index is 10.9. The van der Waals surface area contributed by atoms with Gasteiger partial charge in [0.25, 0.3) is 5.56 Å². The summed E-state index contributed by atoms with van der Waals surface area (Å²) < 4.78 is 0. The molecule has 0 unspecified atom stereocenters. The van der Waals surface area contributed by atoms with Crippen molar-refractivity contribution in [3.63, 3.8) is 0 Å². The Labute approximate surface area is 89.3 Å². The molecule has 0 saturated carbocycles. The minimum Gasteiger partial charge on any atom is -0.355 e. The molecule has 1 aromatic heterocycles. The molecule has 0 radical (unpaired) electrons. The number of aromatic nitrogens is 2. The highest BCUT2D eigenvalue weighted by molar-refractivity contribution is 5.37. The predicted molar refractivity (Wildman–Crippen MR) is 60.0 cm³/mol. The average molecular weight is 207 g/mol. The van der Waals surface area contributed by atoms with E-state index in [1.54, 1.807) is 6.07 Å². The summed E-state index contributed by atoms with van der Waals surface area (Å²) in [6, 6.07) is 3.33.